The molecule has 0 atom stereocenters. The highest BCUT2D eigenvalue weighted by Crippen LogP contribution is 2.07. The molecule has 0 saturated carbocycles. The van der Waals surface area contributed by atoms with Crippen LogP contribution in [0.5, 0.6) is 0 Å². The number of alkyl carbamates (subject to hydrolysis) is 1. The Hall–Kier alpha value is -1.62. The molecule has 0 aliphatic rings. The molecule has 0 aromatic heterocycles. The summed E-state index contributed by atoms with van der Waals surface area (Å²) in [5, 5.41) is 5.86. The van der Waals surface area contributed by atoms with Crippen molar-refractivity contribution < 1.29 is 9.53 Å². The number of carbonyl (C=O) groups excluding carboxylic acids is 1. The van der Waals surface area contributed by atoms with E-state index in [0.717, 1.165) is 30.7 Å². The predicted molar refractivity (Wildman–Crippen MR) is 98.8 cm³/mol. The van der Waals surface area contributed by atoms with E-state index in [0.29, 0.717) is 13.1 Å². The first kappa shape index (κ1) is 19.4. The molecule has 0 fully saturated rings. The van der Waals surface area contributed by atoms with Crippen LogP contribution in [0, 0.1) is 0 Å². The zero-order valence-corrected chi connectivity index (χ0v) is 15.2. The molecule has 4 nitrogen and oxygen atoms in total. The van der Waals surface area contributed by atoms with Crippen LogP contribution in [0.25, 0.3) is 0 Å². The number of benzene rings is 1. The minimum Gasteiger partial charge on any atom is -0.444 e. The van der Waals surface area contributed by atoms with Crippen molar-refractivity contribution in [3.05, 3.63) is 35.9 Å². The Labute approximate surface area is 145 Å². The predicted octanol–water partition coefficient (Wildman–Crippen LogP) is 3.84. The van der Waals surface area contributed by atoms with Crippen LogP contribution >= 0.6 is 12.2 Å². The standard InChI is InChI=1S/C18H28N2O2S/c1-18(2,3)22-17(21)20-14-13-19-16(23)12-8-7-11-15-9-5-4-6-10-15/h4-6,9-10H,7-8,11-14H2,1-3H3,(H,19,23)(H,20,21). The van der Waals surface area contributed by atoms with Gasteiger partial charge in [-0.3, -0.25) is 0 Å². The maximum absolute atomic E-state index is 11.5. The van der Waals surface area contributed by atoms with Gasteiger partial charge in [0, 0.05) is 13.1 Å². The molecule has 23 heavy (non-hydrogen) atoms. The third kappa shape index (κ3) is 10.7. The fourth-order valence-electron chi connectivity index (χ4n) is 2.03. The van der Waals surface area contributed by atoms with Crippen LogP contribution < -0.4 is 10.6 Å². The van der Waals surface area contributed by atoms with E-state index in [2.05, 4.69) is 34.9 Å². The van der Waals surface area contributed by atoms with E-state index < -0.39 is 11.7 Å². The summed E-state index contributed by atoms with van der Waals surface area (Å²) in [6, 6.07) is 10.5. The van der Waals surface area contributed by atoms with Crippen molar-refractivity contribution in [3.63, 3.8) is 0 Å². The number of unbranched alkanes of at least 4 members (excludes halogenated alkanes) is 1. The average Bonchev–Trinajstić information content (AvgIpc) is 2.47. The first-order valence-corrected chi connectivity index (χ1v) is 8.55. The van der Waals surface area contributed by atoms with Crippen molar-refractivity contribution in [1.82, 2.24) is 10.6 Å². The quantitative estimate of drug-likeness (QED) is 0.559. The molecule has 0 radical (unpaired) electrons. The highest BCUT2D eigenvalue weighted by molar-refractivity contribution is 7.80. The molecule has 0 unspecified atom stereocenters. The molecular weight excluding hydrogens is 308 g/mol. The first-order valence-electron chi connectivity index (χ1n) is 8.14. The maximum Gasteiger partial charge on any atom is 0.407 e. The summed E-state index contributed by atoms with van der Waals surface area (Å²) in [6.45, 7) is 6.65. The van der Waals surface area contributed by atoms with E-state index in [9.17, 15) is 4.79 Å². The molecule has 0 aliphatic carbocycles. The number of nitrogens with one attached hydrogen (secondary N) is 2. The molecule has 1 rings (SSSR count). The molecule has 2 N–H and O–H groups in total. The van der Waals surface area contributed by atoms with E-state index in [1.807, 2.05) is 26.8 Å². The van der Waals surface area contributed by atoms with Crippen LogP contribution in [0.3, 0.4) is 0 Å². The number of ether oxygens (including phenoxy) is 1. The summed E-state index contributed by atoms with van der Waals surface area (Å²) in [4.78, 5) is 12.3. The lowest BCUT2D eigenvalue weighted by Gasteiger charge is -2.19. The van der Waals surface area contributed by atoms with Gasteiger partial charge in [-0.15, -0.1) is 0 Å². The topological polar surface area (TPSA) is 50.4 Å². The average molecular weight is 337 g/mol. The smallest absolute Gasteiger partial charge is 0.407 e. The number of hydrogen-bond acceptors (Lipinski definition) is 3. The normalized spacial score (nSPS) is 10.9. The van der Waals surface area contributed by atoms with Crippen molar-refractivity contribution in [1.29, 1.82) is 0 Å². The van der Waals surface area contributed by atoms with E-state index in [-0.39, 0.29) is 0 Å². The Morgan fingerprint density at radius 1 is 1.09 bits per heavy atom. The van der Waals surface area contributed by atoms with Crippen molar-refractivity contribution in [3.8, 4) is 0 Å². The van der Waals surface area contributed by atoms with Gasteiger partial charge in [-0.2, -0.15) is 0 Å². The number of hydrogen-bond donors (Lipinski definition) is 2. The Morgan fingerprint density at radius 3 is 2.39 bits per heavy atom. The van der Waals surface area contributed by atoms with Gasteiger partial charge in [0.15, 0.2) is 0 Å². The van der Waals surface area contributed by atoms with Crippen molar-refractivity contribution in [2.24, 2.45) is 0 Å². The van der Waals surface area contributed by atoms with Crippen LogP contribution in [0.4, 0.5) is 4.79 Å². The summed E-state index contributed by atoms with van der Waals surface area (Å²) in [7, 11) is 0. The second kappa shape index (κ2) is 10.2. The van der Waals surface area contributed by atoms with Gasteiger partial charge in [-0.05, 0) is 52.0 Å². The minimum absolute atomic E-state index is 0.395. The zero-order chi connectivity index (χ0) is 17.1. The summed E-state index contributed by atoms with van der Waals surface area (Å²) in [5.41, 5.74) is 0.902. The van der Waals surface area contributed by atoms with E-state index >= 15 is 0 Å². The van der Waals surface area contributed by atoms with Crippen LogP contribution in [0.1, 0.15) is 45.6 Å². The summed E-state index contributed by atoms with van der Waals surface area (Å²) in [6.07, 6.45) is 3.77. The van der Waals surface area contributed by atoms with Crippen LogP contribution in [0.2, 0.25) is 0 Å². The van der Waals surface area contributed by atoms with Gasteiger partial charge in [0.1, 0.15) is 5.60 Å². The van der Waals surface area contributed by atoms with Crippen molar-refractivity contribution >= 4 is 23.3 Å². The van der Waals surface area contributed by atoms with E-state index in [1.165, 1.54) is 5.56 Å². The highest BCUT2D eigenvalue weighted by atomic mass is 32.1. The van der Waals surface area contributed by atoms with Gasteiger partial charge in [-0.25, -0.2) is 4.79 Å². The molecular formula is C18H28N2O2S. The zero-order valence-electron chi connectivity index (χ0n) is 14.4. The molecule has 1 aromatic rings. The molecule has 1 amide bonds. The van der Waals surface area contributed by atoms with Gasteiger partial charge < -0.3 is 15.4 Å². The Kier molecular flexibility index (Phi) is 8.62. The Balaban J connectivity index is 2.01. The SMILES string of the molecule is CC(C)(C)OC(=O)NCCNC(=S)CCCCc1ccccc1. The monoisotopic (exact) mass is 336 g/mol. The van der Waals surface area contributed by atoms with Gasteiger partial charge in [0.05, 0.1) is 4.99 Å². The molecule has 0 aliphatic heterocycles. The molecule has 0 bridgehead atoms. The highest BCUT2D eigenvalue weighted by Gasteiger charge is 2.15. The van der Waals surface area contributed by atoms with Gasteiger partial charge in [0.25, 0.3) is 0 Å². The number of thiocarbonyl (C=S) groups is 1. The van der Waals surface area contributed by atoms with Gasteiger partial charge >= 0.3 is 6.09 Å². The lowest BCUT2D eigenvalue weighted by Crippen LogP contribution is -2.37. The molecule has 0 heterocycles. The molecule has 0 spiro atoms. The summed E-state index contributed by atoms with van der Waals surface area (Å²) in [5.74, 6) is 0. The molecule has 1 aromatic carbocycles. The number of aryl methyl sites for hydroxylation is 1. The number of amides is 1. The second-order valence-electron chi connectivity index (χ2n) is 6.47. The van der Waals surface area contributed by atoms with E-state index in [1.54, 1.807) is 0 Å². The Bertz CT molecular complexity index is 484. The van der Waals surface area contributed by atoms with Crippen molar-refractivity contribution in [2.75, 3.05) is 13.1 Å². The fraction of sp³-hybridized carbons (Fsp3) is 0.556. The van der Waals surface area contributed by atoms with Gasteiger partial charge in [0.2, 0.25) is 0 Å². The van der Waals surface area contributed by atoms with Crippen molar-refractivity contribution in [2.45, 2.75) is 52.1 Å². The first-order chi connectivity index (χ1) is 10.9. The van der Waals surface area contributed by atoms with E-state index in [4.69, 9.17) is 17.0 Å². The fourth-order valence-corrected chi connectivity index (χ4v) is 2.27. The number of carbonyl (C=O) groups is 1. The molecule has 5 heteroatoms. The lowest BCUT2D eigenvalue weighted by atomic mass is 10.1. The van der Waals surface area contributed by atoms with Crippen LogP contribution in [-0.2, 0) is 11.2 Å². The van der Waals surface area contributed by atoms with Crippen LogP contribution in [-0.4, -0.2) is 29.8 Å². The minimum atomic E-state index is -0.467. The maximum atomic E-state index is 11.5. The van der Waals surface area contributed by atoms with Gasteiger partial charge in [-0.1, -0.05) is 42.5 Å². The third-order valence-corrected chi connectivity index (χ3v) is 3.43. The van der Waals surface area contributed by atoms with Crippen LogP contribution in [0.15, 0.2) is 30.3 Å². The lowest BCUT2D eigenvalue weighted by molar-refractivity contribution is 0.0529. The third-order valence-electron chi connectivity index (χ3n) is 3.08. The second-order valence-corrected chi connectivity index (χ2v) is 6.96. The summed E-state index contributed by atoms with van der Waals surface area (Å²) < 4.78 is 5.16. The molecule has 0 saturated heterocycles. The number of rotatable bonds is 8. The summed E-state index contributed by atoms with van der Waals surface area (Å²) >= 11 is 5.30. The Morgan fingerprint density at radius 2 is 1.74 bits per heavy atom. The molecule has 128 valence electrons. The largest absolute Gasteiger partial charge is 0.444 e.